The van der Waals surface area contributed by atoms with E-state index in [0.717, 1.165) is 66.7 Å². The van der Waals surface area contributed by atoms with Gasteiger partial charge in [0.2, 0.25) is 0 Å². The average molecular weight is 513 g/mol. The monoisotopic (exact) mass is 512 g/mol. The maximum absolute atomic E-state index is 11.2. The van der Waals surface area contributed by atoms with Crippen LogP contribution in [0.3, 0.4) is 0 Å². The minimum Gasteiger partial charge on any atom is -0.493 e. The zero-order chi connectivity index (χ0) is 26.7. The number of methoxy groups -OCH3 is 2. The molecule has 0 saturated carbocycles. The fourth-order valence-corrected chi connectivity index (χ4v) is 3.60. The van der Waals surface area contributed by atoms with Crippen molar-refractivity contribution in [3.63, 3.8) is 0 Å². The average Bonchev–Trinajstić information content (AvgIpc) is 2.92. The molecule has 0 unspecified atom stereocenters. The minimum absolute atomic E-state index is 0.183. The molecule has 0 bridgehead atoms. The lowest BCUT2D eigenvalue weighted by Crippen LogP contribution is -2.03. The van der Waals surface area contributed by atoms with Crippen LogP contribution < -0.4 is 9.47 Å². The molecule has 202 valence electrons. The highest BCUT2D eigenvalue weighted by Crippen LogP contribution is 2.25. The Hall–Kier alpha value is -3.32. The van der Waals surface area contributed by atoms with Gasteiger partial charge in [0.25, 0.3) is 0 Å². The summed E-state index contributed by atoms with van der Waals surface area (Å²) in [6.45, 7) is 5.80. The predicted octanol–water partition coefficient (Wildman–Crippen LogP) is 6.27. The highest BCUT2D eigenvalue weighted by atomic mass is 16.5. The molecule has 0 aliphatic rings. The summed E-state index contributed by atoms with van der Waals surface area (Å²) in [6, 6.07) is 13.9. The normalized spacial score (nSPS) is 10.5. The maximum atomic E-state index is 11.2. The van der Waals surface area contributed by atoms with Crippen LogP contribution in [0.1, 0.15) is 68.1 Å². The van der Waals surface area contributed by atoms with Gasteiger partial charge in [0.1, 0.15) is 11.5 Å². The molecule has 37 heavy (non-hydrogen) atoms. The zero-order valence-electron chi connectivity index (χ0n) is 22.2. The first-order valence-electron chi connectivity index (χ1n) is 12.9. The Morgan fingerprint density at radius 2 is 1.22 bits per heavy atom. The standard InChI is InChI=1S/C30H40O7/c1-4-24-13-15-25(16-14-24)22-35-23-26-19-27(36-17-9-5-7-11-29(31)33-2)21-28(20-26)37-18-10-6-8-12-30(32)34-3/h4,13-16,19-21H,1,5-12,17-18,22-23H2,2-3H3. The van der Waals surface area contributed by atoms with Gasteiger partial charge in [-0.15, -0.1) is 0 Å². The van der Waals surface area contributed by atoms with Crippen LogP contribution in [0, 0.1) is 0 Å². The molecule has 7 nitrogen and oxygen atoms in total. The first-order valence-corrected chi connectivity index (χ1v) is 12.9. The lowest BCUT2D eigenvalue weighted by atomic mass is 10.1. The third-order valence-corrected chi connectivity index (χ3v) is 5.74. The molecule has 2 rings (SSSR count). The van der Waals surface area contributed by atoms with E-state index in [1.54, 1.807) is 0 Å². The number of esters is 2. The van der Waals surface area contributed by atoms with Crippen LogP contribution in [-0.2, 0) is 37.0 Å². The Labute approximate surface area is 220 Å². The van der Waals surface area contributed by atoms with Crippen molar-refractivity contribution in [2.45, 2.75) is 64.6 Å². The van der Waals surface area contributed by atoms with Gasteiger partial charge >= 0.3 is 11.9 Å². The van der Waals surface area contributed by atoms with Crippen molar-refractivity contribution in [3.8, 4) is 11.5 Å². The molecule has 0 N–H and O–H groups in total. The lowest BCUT2D eigenvalue weighted by molar-refractivity contribution is -0.141. The number of unbranched alkanes of at least 4 members (excludes halogenated alkanes) is 4. The van der Waals surface area contributed by atoms with Gasteiger partial charge in [-0.2, -0.15) is 0 Å². The Morgan fingerprint density at radius 1 is 0.703 bits per heavy atom. The van der Waals surface area contributed by atoms with Gasteiger partial charge in [-0.3, -0.25) is 9.59 Å². The number of ether oxygens (including phenoxy) is 5. The van der Waals surface area contributed by atoms with E-state index < -0.39 is 0 Å². The number of carbonyl (C=O) groups excluding carboxylic acids is 2. The lowest BCUT2D eigenvalue weighted by Gasteiger charge is -2.13. The topological polar surface area (TPSA) is 80.3 Å². The molecule has 0 aliphatic carbocycles. The van der Waals surface area contributed by atoms with Crippen molar-refractivity contribution in [2.75, 3.05) is 27.4 Å². The summed E-state index contributed by atoms with van der Waals surface area (Å²) in [7, 11) is 2.81. The quantitative estimate of drug-likeness (QED) is 0.162. The van der Waals surface area contributed by atoms with Crippen molar-refractivity contribution in [1.82, 2.24) is 0 Å². The molecule has 7 heteroatoms. The van der Waals surface area contributed by atoms with Crippen LogP contribution in [0.15, 0.2) is 49.0 Å². The van der Waals surface area contributed by atoms with Crippen LogP contribution >= 0.6 is 0 Å². The number of hydrogen-bond acceptors (Lipinski definition) is 7. The molecule has 0 atom stereocenters. The summed E-state index contributed by atoms with van der Waals surface area (Å²) < 4.78 is 27.3. The number of hydrogen-bond donors (Lipinski definition) is 0. The van der Waals surface area contributed by atoms with E-state index in [1.807, 2.05) is 48.5 Å². The molecule has 0 amide bonds. The molecular formula is C30H40O7. The minimum atomic E-state index is -0.183. The van der Waals surface area contributed by atoms with E-state index in [2.05, 4.69) is 16.1 Å². The second-order valence-corrected chi connectivity index (χ2v) is 8.72. The molecule has 0 fully saturated rings. The Bertz CT molecular complexity index is 907. The van der Waals surface area contributed by atoms with Gasteiger partial charge in [0.15, 0.2) is 0 Å². The van der Waals surface area contributed by atoms with E-state index in [9.17, 15) is 9.59 Å². The Kier molecular flexibility index (Phi) is 14.6. The first kappa shape index (κ1) is 29.9. The summed E-state index contributed by atoms with van der Waals surface area (Å²) in [5.74, 6) is 1.09. The zero-order valence-corrected chi connectivity index (χ0v) is 22.2. The second kappa shape index (κ2) is 18.0. The van der Waals surface area contributed by atoms with Gasteiger partial charge in [-0.1, -0.05) is 36.9 Å². The number of benzene rings is 2. The van der Waals surface area contributed by atoms with Crippen LogP contribution in [0.4, 0.5) is 0 Å². The molecular weight excluding hydrogens is 472 g/mol. The van der Waals surface area contributed by atoms with Crippen molar-refractivity contribution < 1.29 is 33.3 Å². The van der Waals surface area contributed by atoms with Crippen molar-refractivity contribution in [1.29, 1.82) is 0 Å². The summed E-state index contributed by atoms with van der Waals surface area (Å²) in [4.78, 5) is 22.5. The van der Waals surface area contributed by atoms with Gasteiger partial charge in [0, 0.05) is 18.9 Å². The molecule has 2 aromatic rings. The van der Waals surface area contributed by atoms with Crippen molar-refractivity contribution in [2.24, 2.45) is 0 Å². The summed E-state index contributed by atoms with van der Waals surface area (Å²) in [5, 5.41) is 0. The number of carbonyl (C=O) groups is 2. The van der Waals surface area contributed by atoms with Crippen molar-refractivity contribution >= 4 is 18.0 Å². The van der Waals surface area contributed by atoms with E-state index in [1.165, 1.54) is 14.2 Å². The third kappa shape index (κ3) is 13.0. The largest absolute Gasteiger partial charge is 0.493 e. The van der Waals surface area contributed by atoms with Crippen LogP contribution in [0.25, 0.3) is 6.08 Å². The first-order chi connectivity index (χ1) is 18.0. The molecule has 0 spiro atoms. The third-order valence-electron chi connectivity index (χ3n) is 5.74. The fraction of sp³-hybridized carbons (Fsp3) is 0.467. The highest BCUT2D eigenvalue weighted by Gasteiger charge is 2.06. The molecule has 2 aromatic carbocycles. The van der Waals surface area contributed by atoms with Gasteiger partial charge < -0.3 is 23.7 Å². The van der Waals surface area contributed by atoms with E-state index in [-0.39, 0.29) is 11.9 Å². The van der Waals surface area contributed by atoms with Crippen LogP contribution in [0.2, 0.25) is 0 Å². The summed E-state index contributed by atoms with van der Waals surface area (Å²) >= 11 is 0. The summed E-state index contributed by atoms with van der Waals surface area (Å²) in [5.41, 5.74) is 3.13. The molecule has 0 radical (unpaired) electrons. The molecule has 0 aromatic heterocycles. The predicted molar refractivity (Wildman–Crippen MR) is 143 cm³/mol. The maximum Gasteiger partial charge on any atom is 0.305 e. The van der Waals surface area contributed by atoms with Gasteiger partial charge in [-0.25, -0.2) is 0 Å². The number of rotatable bonds is 19. The smallest absolute Gasteiger partial charge is 0.305 e. The van der Waals surface area contributed by atoms with E-state index >= 15 is 0 Å². The molecule has 0 aliphatic heterocycles. The van der Waals surface area contributed by atoms with Crippen molar-refractivity contribution in [3.05, 3.63) is 65.7 Å². The Balaban J connectivity index is 1.87. The highest BCUT2D eigenvalue weighted by molar-refractivity contribution is 5.69. The van der Waals surface area contributed by atoms with Gasteiger partial charge in [-0.05, 0) is 67.3 Å². The second-order valence-electron chi connectivity index (χ2n) is 8.72. The Morgan fingerprint density at radius 3 is 1.70 bits per heavy atom. The van der Waals surface area contributed by atoms with Gasteiger partial charge in [0.05, 0.1) is 40.6 Å². The molecule has 0 heterocycles. The fourth-order valence-electron chi connectivity index (χ4n) is 3.60. The molecule has 0 saturated heterocycles. The van der Waals surface area contributed by atoms with E-state index in [0.29, 0.717) is 39.3 Å². The van der Waals surface area contributed by atoms with Crippen LogP contribution in [0.5, 0.6) is 11.5 Å². The summed E-state index contributed by atoms with van der Waals surface area (Å²) in [6.07, 6.45) is 7.69. The SMILES string of the molecule is C=Cc1ccc(COCc2cc(OCCCCCC(=O)OC)cc(OCCCCCC(=O)OC)c2)cc1. The van der Waals surface area contributed by atoms with E-state index in [4.69, 9.17) is 14.2 Å². The van der Waals surface area contributed by atoms with Crippen LogP contribution in [-0.4, -0.2) is 39.4 Å².